The summed E-state index contributed by atoms with van der Waals surface area (Å²) < 4.78 is 93.9. The lowest BCUT2D eigenvalue weighted by atomic mass is 10.1. The molecule has 0 aliphatic rings. The van der Waals surface area contributed by atoms with E-state index in [4.69, 9.17) is 0 Å². The van der Waals surface area contributed by atoms with Crippen LogP contribution < -0.4 is 10.6 Å². The third-order valence-electron chi connectivity index (χ3n) is 4.88. The number of amides is 2. The molecule has 12 heteroatoms. The molecule has 0 heterocycles. The smallest absolute Gasteiger partial charge is 0.322 e. The van der Waals surface area contributed by atoms with Gasteiger partial charge in [0.1, 0.15) is 11.3 Å². The van der Waals surface area contributed by atoms with Crippen LogP contribution in [0.1, 0.15) is 28.4 Å². The van der Waals surface area contributed by atoms with Crippen LogP contribution in [0, 0.1) is 30.2 Å². The van der Waals surface area contributed by atoms with Gasteiger partial charge in [-0.15, -0.1) is 11.8 Å². The Morgan fingerprint density at radius 1 is 0.861 bits per heavy atom. The quantitative estimate of drug-likeness (QED) is 0.206. The fraction of sp³-hybridized carbons (Fsp3) is 0.167. The van der Waals surface area contributed by atoms with Crippen LogP contribution in [0.2, 0.25) is 0 Å². The van der Waals surface area contributed by atoms with Gasteiger partial charge >= 0.3 is 6.18 Å². The van der Waals surface area contributed by atoms with Gasteiger partial charge in [0.05, 0.1) is 5.25 Å². The van der Waals surface area contributed by atoms with E-state index in [0.29, 0.717) is 16.1 Å². The van der Waals surface area contributed by atoms with E-state index in [1.54, 1.807) is 47.8 Å². The second kappa shape index (κ2) is 10.6. The van der Waals surface area contributed by atoms with E-state index < -0.39 is 51.9 Å². The number of hydrogen-bond donors (Lipinski definition) is 2. The number of carbonyl (C=O) groups is 2. The standard InChI is InChI=1S/C24H17F7N2O2S/c1-11-6-8-13(9-7-11)23(35)32-14-4-3-5-15(10-14)36-12(2)22(34)33-21-19(27)17(25)16(24(29,30)31)18(26)20(21)28/h3-10,12H,1-2H3,(H,32,35)(H,33,34). The zero-order valence-electron chi connectivity index (χ0n) is 18.6. The van der Waals surface area contributed by atoms with Crippen molar-refractivity contribution >= 4 is 35.0 Å². The second-order valence-corrected chi connectivity index (χ2v) is 9.02. The van der Waals surface area contributed by atoms with E-state index in [1.807, 2.05) is 6.92 Å². The van der Waals surface area contributed by atoms with E-state index in [9.17, 15) is 40.3 Å². The first-order valence-corrected chi connectivity index (χ1v) is 11.1. The highest BCUT2D eigenvalue weighted by atomic mass is 32.2. The van der Waals surface area contributed by atoms with Gasteiger partial charge < -0.3 is 10.6 Å². The predicted octanol–water partition coefficient (Wildman–Crippen LogP) is 6.94. The number of aryl methyl sites for hydroxylation is 1. The number of halogens is 7. The van der Waals surface area contributed by atoms with E-state index in [2.05, 4.69) is 5.32 Å². The molecule has 0 radical (unpaired) electrons. The average Bonchev–Trinajstić information content (AvgIpc) is 2.80. The van der Waals surface area contributed by atoms with E-state index in [0.717, 1.165) is 17.3 Å². The van der Waals surface area contributed by atoms with Crippen LogP contribution in [-0.4, -0.2) is 17.1 Å². The topological polar surface area (TPSA) is 58.2 Å². The molecule has 1 atom stereocenters. The molecule has 3 aromatic carbocycles. The van der Waals surface area contributed by atoms with Gasteiger partial charge in [-0.25, -0.2) is 17.6 Å². The molecule has 1 unspecified atom stereocenters. The molecule has 36 heavy (non-hydrogen) atoms. The minimum absolute atomic E-state index is 0.377. The van der Waals surface area contributed by atoms with Crippen molar-refractivity contribution in [3.63, 3.8) is 0 Å². The first kappa shape index (κ1) is 27.1. The summed E-state index contributed by atoms with van der Waals surface area (Å²) >= 11 is 0.862. The van der Waals surface area contributed by atoms with Crippen LogP contribution in [0.5, 0.6) is 0 Å². The summed E-state index contributed by atoms with van der Waals surface area (Å²) in [4.78, 5) is 25.2. The normalized spacial score (nSPS) is 12.2. The van der Waals surface area contributed by atoms with Crippen molar-refractivity contribution < 1.29 is 40.3 Å². The summed E-state index contributed by atoms with van der Waals surface area (Å²) in [5.41, 5.74) is -2.65. The molecule has 3 aromatic rings. The number of carbonyl (C=O) groups excluding carboxylic acids is 2. The van der Waals surface area contributed by atoms with Gasteiger partial charge in [0.15, 0.2) is 23.3 Å². The maximum atomic E-state index is 14.1. The summed E-state index contributed by atoms with van der Waals surface area (Å²) in [5.74, 6) is -11.6. The Balaban J connectivity index is 1.73. The number of thioether (sulfide) groups is 1. The first-order valence-electron chi connectivity index (χ1n) is 10.2. The zero-order valence-corrected chi connectivity index (χ0v) is 19.4. The van der Waals surface area contributed by atoms with Gasteiger partial charge in [-0.2, -0.15) is 13.2 Å². The van der Waals surface area contributed by atoms with E-state index in [-0.39, 0.29) is 5.91 Å². The van der Waals surface area contributed by atoms with Crippen molar-refractivity contribution in [2.45, 2.75) is 30.2 Å². The van der Waals surface area contributed by atoms with Crippen LogP contribution in [0.3, 0.4) is 0 Å². The van der Waals surface area contributed by atoms with Gasteiger partial charge in [0.2, 0.25) is 5.91 Å². The fourth-order valence-corrected chi connectivity index (χ4v) is 3.95. The average molecular weight is 530 g/mol. The molecule has 0 bridgehead atoms. The number of alkyl halides is 3. The summed E-state index contributed by atoms with van der Waals surface area (Å²) in [7, 11) is 0. The van der Waals surface area contributed by atoms with Crippen molar-refractivity contribution in [2.24, 2.45) is 0 Å². The van der Waals surface area contributed by atoms with Crippen molar-refractivity contribution in [2.75, 3.05) is 10.6 Å². The minimum Gasteiger partial charge on any atom is -0.322 e. The Morgan fingerprint density at radius 3 is 2.00 bits per heavy atom. The Bertz CT molecular complexity index is 1280. The Kier molecular flexibility index (Phi) is 7.97. The van der Waals surface area contributed by atoms with Gasteiger partial charge in [0.25, 0.3) is 5.91 Å². The Hall–Kier alpha value is -3.54. The number of rotatable bonds is 6. The van der Waals surface area contributed by atoms with Crippen molar-refractivity contribution in [1.82, 2.24) is 0 Å². The van der Waals surface area contributed by atoms with Crippen LogP contribution in [0.25, 0.3) is 0 Å². The molecule has 0 aliphatic carbocycles. The Labute approximate surface area is 204 Å². The molecule has 4 nitrogen and oxygen atoms in total. The summed E-state index contributed by atoms with van der Waals surface area (Å²) in [6.45, 7) is 3.16. The van der Waals surface area contributed by atoms with E-state index >= 15 is 0 Å². The fourth-order valence-electron chi connectivity index (χ4n) is 3.03. The molecular weight excluding hydrogens is 513 g/mol. The number of hydrogen-bond acceptors (Lipinski definition) is 3. The van der Waals surface area contributed by atoms with Gasteiger partial charge in [-0.05, 0) is 44.2 Å². The highest BCUT2D eigenvalue weighted by Crippen LogP contribution is 2.38. The van der Waals surface area contributed by atoms with Crippen LogP contribution in [-0.2, 0) is 11.0 Å². The maximum absolute atomic E-state index is 14.1. The van der Waals surface area contributed by atoms with Gasteiger partial charge in [0, 0.05) is 16.1 Å². The molecule has 190 valence electrons. The van der Waals surface area contributed by atoms with Crippen molar-refractivity contribution in [3.8, 4) is 0 Å². The highest BCUT2D eigenvalue weighted by Gasteiger charge is 2.42. The van der Waals surface area contributed by atoms with Crippen LogP contribution in [0.15, 0.2) is 53.4 Å². The molecule has 0 saturated heterocycles. The number of benzene rings is 3. The lowest BCUT2D eigenvalue weighted by Gasteiger charge is -2.16. The van der Waals surface area contributed by atoms with Crippen LogP contribution >= 0.6 is 11.8 Å². The summed E-state index contributed by atoms with van der Waals surface area (Å²) in [6.07, 6.45) is -5.69. The molecular formula is C24H17F7N2O2S. The number of anilines is 2. The lowest BCUT2D eigenvalue weighted by Crippen LogP contribution is -2.25. The first-order chi connectivity index (χ1) is 16.8. The molecule has 3 rings (SSSR count). The third-order valence-corrected chi connectivity index (χ3v) is 5.98. The molecule has 2 N–H and O–H groups in total. The molecule has 0 aromatic heterocycles. The highest BCUT2D eigenvalue weighted by molar-refractivity contribution is 8.00. The third kappa shape index (κ3) is 5.99. The van der Waals surface area contributed by atoms with Gasteiger partial charge in [-0.3, -0.25) is 9.59 Å². The van der Waals surface area contributed by atoms with Crippen molar-refractivity contribution in [3.05, 3.63) is 88.5 Å². The predicted molar refractivity (Wildman–Crippen MR) is 121 cm³/mol. The van der Waals surface area contributed by atoms with E-state index in [1.165, 1.54) is 13.0 Å². The molecule has 0 spiro atoms. The molecule has 0 fully saturated rings. The molecule has 0 saturated carbocycles. The molecule has 0 aliphatic heterocycles. The zero-order chi connectivity index (χ0) is 26.8. The SMILES string of the molecule is Cc1ccc(C(=O)Nc2cccc(SC(C)C(=O)Nc3c(F)c(F)c(C(F)(F)F)c(F)c3F)c2)cc1. The monoisotopic (exact) mass is 530 g/mol. The lowest BCUT2D eigenvalue weighted by molar-refractivity contribution is -0.143. The summed E-state index contributed by atoms with van der Waals surface area (Å²) in [6, 6.07) is 13.0. The summed E-state index contributed by atoms with van der Waals surface area (Å²) in [5, 5.41) is 3.17. The minimum atomic E-state index is -5.69. The Morgan fingerprint density at radius 2 is 1.44 bits per heavy atom. The van der Waals surface area contributed by atoms with Crippen molar-refractivity contribution in [1.29, 1.82) is 0 Å². The largest absolute Gasteiger partial charge is 0.422 e. The van der Waals surface area contributed by atoms with Gasteiger partial charge in [-0.1, -0.05) is 23.8 Å². The maximum Gasteiger partial charge on any atom is 0.422 e. The van der Waals surface area contributed by atoms with Crippen LogP contribution in [0.4, 0.5) is 42.1 Å². The molecule has 2 amide bonds. The number of nitrogens with one attached hydrogen (secondary N) is 2. The second-order valence-electron chi connectivity index (χ2n) is 7.60.